The average molecular weight is 746 g/mol. The SMILES string of the molecule is COCCOc1ccccc1/C(=N/O)c1ccc2c(c1)c1cc(C(=O)c3c(C)cc(C)cc3C)c3ccccc3c1n2CCCNS(=O)(=O)C(F)(F)F. The second-order valence-electron chi connectivity index (χ2n) is 12.8. The summed E-state index contributed by atoms with van der Waals surface area (Å²) >= 11 is 0. The highest BCUT2D eigenvalue weighted by molar-refractivity contribution is 7.90. The number of nitrogens with one attached hydrogen (secondary N) is 1. The maximum Gasteiger partial charge on any atom is 0.511 e. The maximum atomic E-state index is 14.5. The number of carbonyl (C=O) groups is 1. The molecule has 0 spiro atoms. The highest BCUT2D eigenvalue weighted by Gasteiger charge is 2.45. The minimum Gasteiger partial charge on any atom is -0.490 e. The number of alkyl halides is 3. The van der Waals surface area contributed by atoms with Gasteiger partial charge in [0, 0.05) is 64.1 Å². The van der Waals surface area contributed by atoms with E-state index >= 15 is 0 Å². The van der Waals surface area contributed by atoms with Crippen LogP contribution in [0.4, 0.5) is 13.2 Å². The molecule has 0 fully saturated rings. The van der Waals surface area contributed by atoms with Gasteiger partial charge in [-0.05, 0) is 74.0 Å². The number of aryl methyl sites for hydroxylation is 4. The van der Waals surface area contributed by atoms with Crippen LogP contribution in [0.2, 0.25) is 0 Å². The first-order chi connectivity index (χ1) is 25.3. The van der Waals surface area contributed by atoms with Gasteiger partial charge in [-0.3, -0.25) is 4.79 Å². The third-order valence-corrected chi connectivity index (χ3v) is 10.4. The van der Waals surface area contributed by atoms with E-state index in [9.17, 15) is 31.6 Å². The molecule has 0 aliphatic carbocycles. The topological polar surface area (TPSA) is 119 Å². The summed E-state index contributed by atoms with van der Waals surface area (Å²) in [6.07, 6.45) is 0.0300. The van der Waals surface area contributed by atoms with Crippen molar-refractivity contribution in [1.29, 1.82) is 0 Å². The Morgan fingerprint density at radius 2 is 1.53 bits per heavy atom. The number of hydrogen-bond donors (Lipinski definition) is 2. The molecule has 0 aliphatic heterocycles. The van der Waals surface area contributed by atoms with Gasteiger partial charge in [0.1, 0.15) is 18.1 Å². The molecule has 1 aromatic heterocycles. The normalized spacial score (nSPS) is 12.6. The first kappa shape index (κ1) is 37.5. The maximum absolute atomic E-state index is 14.5. The molecule has 0 amide bonds. The van der Waals surface area contributed by atoms with Gasteiger partial charge in [-0.1, -0.05) is 65.3 Å². The van der Waals surface area contributed by atoms with Crippen molar-refractivity contribution in [2.75, 3.05) is 26.9 Å². The number of rotatable bonds is 13. The van der Waals surface area contributed by atoms with Crippen LogP contribution in [0.15, 0.2) is 90.1 Å². The highest BCUT2D eigenvalue weighted by Crippen LogP contribution is 2.39. The molecule has 0 atom stereocenters. The van der Waals surface area contributed by atoms with Crippen molar-refractivity contribution >= 4 is 54.1 Å². The molecule has 276 valence electrons. The average Bonchev–Trinajstić information content (AvgIpc) is 3.42. The fourth-order valence-corrected chi connectivity index (χ4v) is 7.60. The molecule has 0 radical (unpaired) electrons. The Hall–Kier alpha value is -5.24. The minimum atomic E-state index is -5.52. The van der Waals surface area contributed by atoms with Crippen molar-refractivity contribution in [2.24, 2.45) is 5.16 Å². The Labute approximate surface area is 304 Å². The molecule has 2 N–H and O–H groups in total. The van der Waals surface area contributed by atoms with Crippen LogP contribution in [0.3, 0.4) is 0 Å². The van der Waals surface area contributed by atoms with Crippen LogP contribution in [0.1, 0.15) is 50.2 Å². The number of ether oxygens (including phenoxy) is 2. The number of aromatic nitrogens is 1. The minimum absolute atomic E-state index is 0.0300. The molecular formula is C40H38F3N3O6S. The number of halogens is 3. The molecule has 1 heterocycles. The molecule has 0 unspecified atom stereocenters. The number of hydrogen-bond acceptors (Lipinski definition) is 7. The number of carbonyl (C=O) groups excluding carboxylic acids is 1. The molecule has 13 heteroatoms. The summed E-state index contributed by atoms with van der Waals surface area (Å²) in [6, 6.07) is 25.8. The van der Waals surface area contributed by atoms with Crippen molar-refractivity contribution in [1.82, 2.24) is 9.29 Å². The van der Waals surface area contributed by atoms with Crippen molar-refractivity contribution in [2.45, 2.75) is 39.2 Å². The number of sulfonamides is 1. The molecule has 5 aromatic carbocycles. The standard InChI is InChI=1S/C40H38F3N3O6S/c1-24-20-25(2)36(26(3)21-24)39(47)33-23-32-31-22-27(37(45-48)30-12-7-8-13-35(30)52-19-18-51-4)14-15-34(31)46(38(32)29-11-6-5-10-28(29)33)17-9-16-44-53(49,50)40(41,42)43/h5-8,10-15,20-23,44,48H,9,16-19H2,1-4H3/b45-37+. The van der Waals surface area contributed by atoms with Gasteiger partial charge < -0.3 is 19.2 Å². The molecule has 53 heavy (non-hydrogen) atoms. The van der Waals surface area contributed by atoms with E-state index in [0.717, 1.165) is 22.1 Å². The second-order valence-corrected chi connectivity index (χ2v) is 14.6. The lowest BCUT2D eigenvalue weighted by Crippen LogP contribution is -2.37. The number of para-hydroxylation sites is 1. The molecule has 0 aliphatic rings. The number of ketones is 1. The fourth-order valence-electron chi connectivity index (χ4n) is 7.02. The second kappa shape index (κ2) is 15.0. The van der Waals surface area contributed by atoms with Gasteiger partial charge in [0.15, 0.2) is 5.78 Å². The smallest absolute Gasteiger partial charge is 0.490 e. The van der Waals surface area contributed by atoms with Crippen LogP contribution in [0.25, 0.3) is 32.6 Å². The van der Waals surface area contributed by atoms with Gasteiger partial charge in [0.25, 0.3) is 0 Å². The quantitative estimate of drug-likeness (QED) is 0.0405. The van der Waals surface area contributed by atoms with E-state index in [1.54, 1.807) is 42.2 Å². The van der Waals surface area contributed by atoms with Crippen LogP contribution >= 0.6 is 0 Å². The largest absolute Gasteiger partial charge is 0.511 e. The van der Waals surface area contributed by atoms with Crippen LogP contribution in [0, 0.1) is 20.8 Å². The van der Waals surface area contributed by atoms with Gasteiger partial charge in [-0.2, -0.15) is 13.2 Å². The summed E-state index contributed by atoms with van der Waals surface area (Å²) in [7, 11) is -3.95. The number of nitrogens with zero attached hydrogens (tertiary/aromatic N) is 2. The third kappa shape index (κ3) is 7.24. The Morgan fingerprint density at radius 3 is 2.21 bits per heavy atom. The van der Waals surface area contributed by atoms with Gasteiger partial charge in [-0.25, -0.2) is 13.1 Å². The van der Waals surface area contributed by atoms with Crippen molar-refractivity contribution in [3.05, 3.63) is 124 Å². The molecule has 0 bridgehead atoms. The first-order valence-electron chi connectivity index (χ1n) is 16.9. The van der Waals surface area contributed by atoms with E-state index in [0.29, 0.717) is 61.8 Å². The van der Waals surface area contributed by atoms with E-state index < -0.39 is 22.1 Å². The van der Waals surface area contributed by atoms with Gasteiger partial charge in [0.05, 0.1) is 12.1 Å². The first-order valence-corrected chi connectivity index (χ1v) is 18.4. The summed E-state index contributed by atoms with van der Waals surface area (Å²) < 4.78 is 77.2. The zero-order valence-corrected chi connectivity index (χ0v) is 30.4. The van der Waals surface area contributed by atoms with Crippen molar-refractivity contribution < 1.29 is 41.1 Å². The number of methoxy groups -OCH3 is 1. The summed E-state index contributed by atoms with van der Waals surface area (Å²) in [5.74, 6) is 0.320. The van der Waals surface area contributed by atoms with E-state index in [2.05, 4.69) is 5.16 Å². The van der Waals surface area contributed by atoms with Crippen LogP contribution in [-0.2, 0) is 21.3 Å². The molecule has 9 nitrogen and oxygen atoms in total. The summed E-state index contributed by atoms with van der Waals surface area (Å²) in [4.78, 5) is 14.5. The van der Waals surface area contributed by atoms with E-state index in [-0.39, 0.29) is 31.1 Å². The summed E-state index contributed by atoms with van der Waals surface area (Å²) in [5.41, 5.74) is 1.05. The Kier molecular flexibility index (Phi) is 10.6. The van der Waals surface area contributed by atoms with Gasteiger partial charge in [0.2, 0.25) is 0 Å². The Bertz CT molecular complexity index is 2480. The Balaban J connectivity index is 1.56. The predicted octanol–water partition coefficient (Wildman–Crippen LogP) is 8.19. The van der Waals surface area contributed by atoms with E-state index in [1.165, 1.54) is 0 Å². The van der Waals surface area contributed by atoms with E-state index in [4.69, 9.17) is 9.47 Å². The number of oxime groups is 1. The zero-order chi connectivity index (χ0) is 38.1. The molecule has 6 aromatic rings. The lowest BCUT2D eigenvalue weighted by Gasteiger charge is -2.15. The molecule has 0 saturated heterocycles. The van der Waals surface area contributed by atoms with Crippen molar-refractivity contribution in [3.8, 4) is 5.75 Å². The van der Waals surface area contributed by atoms with Crippen LogP contribution in [-0.4, -0.2) is 62.1 Å². The molecule has 0 saturated carbocycles. The molecular weight excluding hydrogens is 708 g/mol. The lowest BCUT2D eigenvalue weighted by atomic mass is 9.89. The summed E-state index contributed by atoms with van der Waals surface area (Å²) in [6.45, 7) is 6.09. The lowest BCUT2D eigenvalue weighted by molar-refractivity contribution is -0.0447. The van der Waals surface area contributed by atoms with E-state index in [1.807, 2.05) is 79.9 Å². The van der Waals surface area contributed by atoms with Crippen LogP contribution < -0.4 is 9.46 Å². The molecule has 6 rings (SSSR count). The highest BCUT2D eigenvalue weighted by atomic mass is 32.2. The monoisotopic (exact) mass is 745 g/mol. The van der Waals surface area contributed by atoms with Crippen LogP contribution in [0.5, 0.6) is 5.75 Å². The zero-order valence-electron chi connectivity index (χ0n) is 29.5. The number of fused-ring (bicyclic) bond motifs is 5. The van der Waals surface area contributed by atoms with Crippen molar-refractivity contribution in [3.63, 3.8) is 0 Å². The fraction of sp³-hybridized carbons (Fsp3) is 0.250. The predicted molar refractivity (Wildman–Crippen MR) is 200 cm³/mol. The summed E-state index contributed by atoms with van der Waals surface area (Å²) in [5, 5.41) is 16.8. The Morgan fingerprint density at radius 1 is 0.849 bits per heavy atom. The van der Waals surface area contributed by atoms with Gasteiger partial charge in [-0.15, -0.1) is 0 Å². The third-order valence-electron chi connectivity index (χ3n) is 9.23. The van der Waals surface area contributed by atoms with Gasteiger partial charge >= 0.3 is 15.5 Å². The number of benzene rings is 5.